The van der Waals surface area contributed by atoms with Gasteiger partial charge in [-0.05, 0) is 93.7 Å². The minimum absolute atomic E-state index is 0.00324. The lowest BCUT2D eigenvalue weighted by atomic mass is 9.75. The number of likely N-dealkylation sites (N-methyl/N-ethyl adjacent to an activating group) is 1. The van der Waals surface area contributed by atoms with Crippen LogP contribution in [-0.2, 0) is 6.42 Å². The molecule has 0 amide bonds. The van der Waals surface area contributed by atoms with Crippen molar-refractivity contribution >= 4 is 27.5 Å². The summed E-state index contributed by atoms with van der Waals surface area (Å²) in [5.74, 6) is -0.625. The number of rotatable bonds is 8. The average molecular weight is 663 g/mol. The second kappa shape index (κ2) is 11.6. The molecular weight excluding hydrogens is 621 g/mol. The molecule has 0 unspecified atom stereocenters. The number of aromatic hydroxyl groups is 1. The number of phenols is 1. The lowest BCUT2D eigenvalue weighted by Gasteiger charge is -2.49. The fraction of sp³-hybridized carbons (Fsp3) is 0.528. The molecule has 1 aliphatic carbocycles. The van der Waals surface area contributed by atoms with Crippen LogP contribution in [0.25, 0.3) is 32.9 Å². The summed E-state index contributed by atoms with van der Waals surface area (Å²) in [6, 6.07) is 5.87. The Morgan fingerprint density at radius 2 is 1.90 bits per heavy atom. The fourth-order valence-electron chi connectivity index (χ4n) is 8.56. The summed E-state index contributed by atoms with van der Waals surface area (Å²) in [4.78, 5) is 20.8. The molecule has 9 nitrogen and oxygen atoms in total. The first-order valence-corrected chi connectivity index (χ1v) is 17.0. The van der Waals surface area contributed by atoms with Gasteiger partial charge in [-0.2, -0.15) is 9.97 Å². The molecule has 1 saturated carbocycles. The van der Waals surface area contributed by atoms with Gasteiger partial charge in [0, 0.05) is 30.6 Å². The molecule has 0 radical (unpaired) electrons. The zero-order chi connectivity index (χ0) is 33.4. The minimum Gasteiger partial charge on any atom is -0.508 e. The number of aromatic nitrogens is 3. The van der Waals surface area contributed by atoms with Crippen LogP contribution in [0.15, 0.2) is 24.3 Å². The normalized spacial score (nSPS) is 23.4. The minimum atomic E-state index is -0.919. The van der Waals surface area contributed by atoms with Crippen LogP contribution >= 0.6 is 0 Å². The monoisotopic (exact) mass is 662 g/mol. The molecule has 0 bridgehead atoms. The van der Waals surface area contributed by atoms with Crippen molar-refractivity contribution < 1.29 is 27.8 Å². The maximum absolute atomic E-state index is 17.1. The van der Waals surface area contributed by atoms with Crippen molar-refractivity contribution in [2.75, 3.05) is 58.4 Å². The molecule has 3 fully saturated rings. The predicted octanol–water partition coefficient (Wildman–Crippen LogP) is 6.03. The van der Waals surface area contributed by atoms with Crippen molar-refractivity contribution in [3.8, 4) is 28.9 Å². The van der Waals surface area contributed by atoms with Crippen molar-refractivity contribution in [2.45, 2.75) is 69.1 Å². The van der Waals surface area contributed by atoms with Gasteiger partial charge in [0.1, 0.15) is 53.4 Å². The Bertz CT molecular complexity index is 1920. The van der Waals surface area contributed by atoms with E-state index in [2.05, 4.69) is 33.8 Å². The van der Waals surface area contributed by atoms with E-state index < -0.39 is 23.3 Å². The second-order valence-electron chi connectivity index (χ2n) is 14.2. The third-order valence-corrected chi connectivity index (χ3v) is 11.3. The summed E-state index contributed by atoms with van der Waals surface area (Å²) >= 11 is 0. The number of phenolic OH excluding ortho intramolecular Hbond substituents is 1. The topological polar surface area (TPSA) is 87.1 Å². The molecule has 4 aliphatic rings. The molecule has 12 heteroatoms. The van der Waals surface area contributed by atoms with Gasteiger partial charge < -0.3 is 24.4 Å². The summed E-state index contributed by atoms with van der Waals surface area (Å²) in [6.07, 6.45) is 4.76. The van der Waals surface area contributed by atoms with Gasteiger partial charge in [0.05, 0.1) is 12.1 Å². The van der Waals surface area contributed by atoms with Gasteiger partial charge in [0.2, 0.25) is 5.88 Å². The Hall–Kier alpha value is -3.90. The first kappa shape index (κ1) is 31.4. The quantitative estimate of drug-likeness (QED) is 0.243. The highest BCUT2D eigenvalue weighted by atomic mass is 19.1. The maximum atomic E-state index is 17.1. The van der Waals surface area contributed by atoms with E-state index in [1.165, 1.54) is 18.2 Å². The van der Waals surface area contributed by atoms with E-state index in [1.54, 1.807) is 6.07 Å². The van der Waals surface area contributed by atoms with Crippen LogP contribution in [0.4, 0.5) is 19.0 Å². The van der Waals surface area contributed by atoms with Crippen LogP contribution in [0.5, 0.6) is 17.6 Å². The van der Waals surface area contributed by atoms with E-state index in [0.29, 0.717) is 60.0 Å². The van der Waals surface area contributed by atoms with E-state index >= 15 is 8.78 Å². The van der Waals surface area contributed by atoms with E-state index in [0.717, 1.165) is 38.6 Å². The average Bonchev–Trinajstić information content (AvgIpc) is 3.50. The number of anilines is 1. The van der Waals surface area contributed by atoms with Crippen molar-refractivity contribution in [3.05, 3.63) is 41.5 Å². The van der Waals surface area contributed by atoms with Gasteiger partial charge in [-0.3, -0.25) is 4.90 Å². The van der Waals surface area contributed by atoms with Crippen LogP contribution in [-0.4, -0.2) is 101 Å². The maximum Gasteiger partial charge on any atom is 0.319 e. The Labute approximate surface area is 277 Å². The molecule has 2 aromatic heterocycles. The SMILES string of the molecule is CCc1c(F)ccc2cc(O)cc(-c3nc4c5c(nc(OC[C@@]67CCCN6C[C@H](F)C7)nc5c3F)N(CC3(N(C)C)CCC3)CCO4)c12. The first-order valence-electron chi connectivity index (χ1n) is 17.0. The van der Waals surface area contributed by atoms with Crippen molar-refractivity contribution in [1.82, 2.24) is 24.8 Å². The van der Waals surface area contributed by atoms with Gasteiger partial charge in [-0.15, -0.1) is 0 Å². The molecule has 3 aliphatic heterocycles. The lowest BCUT2D eigenvalue weighted by molar-refractivity contribution is 0.0665. The standard InChI is InChI=1S/C36H41F3N6O3/c1-4-24-26(38)8-7-21-15-23(46)16-25(27(21)24)30-29(39)31-28-32(42-34(41-31)48-20-36-11-6-12-45(36)18-22(37)17-36)44(13-14-47-33(28)40-30)19-35(43(2)3)9-5-10-35/h7-8,15-16,22,46H,4-6,9-14,17-20H2,1-3H3/t22-,36+/m1/s1. The molecule has 8 rings (SSSR count). The van der Waals surface area contributed by atoms with Crippen molar-refractivity contribution in [2.24, 2.45) is 0 Å². The zero-order valence-electron chi connectivity index (χ0n) is 27.7. The lowest BCUT2D eigenvalue weighted by Crippen LogP contribution is -2.57. The summed E-state index contributed by atoms with van der Waals surface area (Å²) in [5, 5.41) is 12.1. The Balaban J connectivity index is 1.31. The molecule has 5 heterocycles. The second-order valence-corrected chi connectivity index (χ2v) is 14.2. The molecule has 2 atom stereocenters. The number of fused-ring (bicyclic) bond motifs is 2. The van der Waals surface area contributed by atoms with E-state index in [4.69, 9.17) is 19.4 Å². The number of nitrogens with zero attached hydrogens (tertiary/aromatic N) is 6. The highest BCUT2D eigenvalue weighted by Crippen LogP contribution is 2.45. The zero-order valence-corrected chi connectivity index (χ0v) is 27.7. The number of hydrogen-bond donors (Lipinski definition) is 1. The van der Waals surface area contributed by atoms with Gasteiger partial charge in [0.25, 0.3) is 0 Å². The molecule has 2 aromatic carbocycles. The van der Waals surface area contributed by atoms with Crippen molar-refractivity contribution in [1.29, 1.82) is 0 Å². The Morgan fingerprint density at radius 3 is 2.65 bits per heavy atom. The molecular formula is C36H41F3N6O3. The van der Waals surface area contributed by atoms with Gasteiger partial charge in [0.15, 0.2) is 5.82 Å². The van der Waals surface area contributed by atoms with Gasteiger partial charge in [-0.25, -0.2) is 18.2 Å². The van der Waals surface area contributed by atoms with Gasteiger partial charge in [-0.1, -0.05) is 13.0 Å². The number of ether oxygens (including phenoxy) is 2. The van der Waals surface area contributed by atoms with Crippen molar-refractivity contribution in [3.63, 3.8) is 0 Å². The molecule has 2 saturated heterocycles. The van der Waals surface area contributed by atoms with Crippen LogP contribution in [0.3, 0.4) is 0 Å². The van der Waals surface area contributed by atoms with Crippen LogP contribution in [0.2, 0.25) is 0 Å². The van der Waals surface area contributed by atoms with E-state index in [1.807, 2.05) is 6.92 Å². The predicted molar refractivity (Wildman–Crippen MR) is 178 cm³/mol. The molecule has 254 valence electrons. The number of alkyl halides is 1. The number of benzene rings is 2. The Morgan fingerprint density at radius 1 is 1.06 bits per heavy atom. The molecule has 4 aromatic rings. The first-order chi connectivity index (χ1) is 23.1. The summed E-state index contributed by atoms with van der Waals surface area (Å²) < 4.78 is 59.4. The smallest absolute Gasteiger partial charge is 0.319 e. The van der Waals surface area contributed by atoms with Crippen LogP contribution in [0.1, 0.15) is 51.0 Å². The Kier molecular flexibility index (Phi) is 7.59. The highest BCUT2D eigenvalue weighted by molar-refractivity contribution is 6.03. The summed E-state index contributed by atoms with van der Waals surface area (Å²) in [6.45, 7) is 4.63. The van der Waals surface area contributed by atoms with Crippen LogP contribution < -0.4 is 14.4 Å². The van der Waals surface area contributed by atoms with E-state index in [9.17, 15) is 9.50 Å². The summed E-state index contributed by atoms with van der Waals surface area (Å²) in [5.41, 5.74) is -0.0142. The highest BCUT2D eigenvalue weighted by Gasteiger charge is 2.49. The molecule has 1 N–H and O–H groups in total. The third kappa shape index (κ3) is 4.93. The number of pyridine rings is 1. The largest absolute Gasteiger partial charge is 0.508 e. The number of aryl methyl sites for hydroxylation is 1. The third-order valence-electron chi connectivity index (χ3n) is 11.3. The fourth-order valence-corrected chi connectivity index (χ4v) is 8.56. The number of hydrogen-bond acceptors (Lipinski definition) is 9. The summed E-state index contributed by atoms with van der Waals surface area (Å²) in [7, 11) is 4.16. The molecule has 48 heavy (non-hydrogen) atoms. The van der Waals surface area contributed by atoms with Crippen LogP contribution in [0, 0.1) is 11.6 Å². The molecule has 0 spiro atoms. The van der Waals surface area contributed by atoms with E-state index in [-0.39, 0.29) is 53.2 Å². The van der Waals surface area contributed by atoms with Gasteiger partial charge >= 0.3 is 6.01 Å². The number of halogens is 3.